The molecule has 0 aliphatic carbocycles. The molecule has 0 fully saturated rings. The number of thiophene rings is 1. The number of rotatable bonds is 6. The fourth-order valence-corrected chi connectivity index (χ4v) is 3.91. The highest BCUT2D eigenvalue weighted by molar-refractivity contribution is 7.94. The number of aromatic nitrogens is 2. The largest absolute Gasteiger partial charge is 0.366 e. The summed E-state index contributed by atoms with van der Waals surface area (Å²) in [4.78, 5) is 8.24. The molecule has 0 atom stereocenters. The van der Waals surface area contributed by atoms with Gasteiger partial charge in [-0.1, -0.05) is 12.1 Å². The SMILES string of the molecule is O=S(=O)(Nc1ccc(NCc2cccnc2)nc1)c1cccs1. The van der Waals surface area contributed by atoms with Crippen molar-refractivity contribution >= 4 is 32.9 Å². The Morgan fingerprint density at radius 3 is 2.65 bits per heavy atom. The maximum Gasteiger partial charge on any atom is 0.271 e. The Morgan fingerprint density at radius 2 is 2.00 bits per heavy atom. The summed E-state index contributed by atoms with van der Waals surface area (Å²) in [5.41, 5.74) is 1.46. The van der Waals surface area contributed by atoms with Gasteiger partial charge in [-0.25, -0.2) is 13.4 Å². The molecule has 0 aliphatic heterocycles. The first kappa shape index (κ1) is 15.4. The molecule has 3 rings (SSSR count). The second-order valence-corrected chi connectivity index (χ2v) is 7.54. The molecule has 0 aliphatic rings. The highest BCUT2D eigenvalue weighted by atomic mass is 32.2. The van der Waals surface area contributed by atoms with E-state index in [1.54, 1.807) is 42.0 Å². The minimum absolute atomic E-state index is 0.274. The van der Waals surface area contributed by atoms with E-state index in [4.69, 9.17) is 0 Å². The summed E-state index contributed by atoms with van der Waals surface area (Å²) in [6, 6.07) is 10.5. The number of hydrogen-bond acceptors (Lipinski definition) is 6. The molecule has 0 saturated carbocycles. The van der Waals surface area contributed by atoms with Crippen LogP contribution in [0.2, 0.25) is 0 Å². The summed E-state index contributed by atoms with van der Waals surface area (Å²) >= 11 is 1.17. The third-order valence-corrected chi connectivity index (χ3v) is 5.75. The van der Waals surface area contributed by atoms with Gasteiger partial charge >= 0.3 is 0 Å². The number of anilines is 2. The van der Waals surface area contributed by atoms with E-state index >= 15 is 0 Å². The van der Waals surface area contributed by atoms with Gasteiger partial charge in [0.2, 0.25) is 0 Å². The predicted octanol–water partition coefficient (Wildman–Crippen LogP) is 2.95. The smallest absolute Gasteiger partial charge is 0.271 e. The van der Waals surface area contributed by atoms with Crippen LogP contribution in [0.1, 0.15) is 5.56 Å². The van der Waals surface area contributed by atoms with Crippen LogP contribution in [0.15, 0.2) is 64.6 Å². The summed E-state index contributed by atoms with van der Waals surface area (Å²) in [6.07, 6.45) is 4.98. The van der Waals surface area contributed by atoms with E-state index in [0.717, 1.165) is 5.56 Å². The second-order valence-electron chi connectivity index (χ2n) is 4.68. The van der Waals surface area contributed by atoms with Crippen LogP contribution in [-0.4, -0.2) is 18.4 Å². The lowest BCUT2D eigenvalue weighted by Crippen LogP contribution is -2.11. The standard InChI is InChI=1S/C15H14N4O2S2/c20-23(21,15-4-2-8-22-15)19-13-5-6-14(18-11-13)17-10-12-3-1-7-16-9-12/h1-9,11,19H,10H2,(H,17,18). The third-order valence-electron chi connectivity index (χ3n) is 2.97. The van der Waals surface area contributed by atoms with Crippen LogP contribution < -0.4 is 10.0 Å². The Labute approximate surface area is 138 Å². The first-order chi connectivity index (χ1) is 11.1. The van der Waals surface area contributed by atoms with Crippen molar-refractivity contribution in [1.29, 1.82) is 0 Å². The highest BCUT2D eigenvalue weighted by Crippen LogP contribution is 2.20. The minimum atomic E-state index is -3.54. The average Bonchev–Trinajstić information content (AvgIpc) is 3.10. The maximum atomic E-state index is 12.1. The zero-order chi connectivity index (χ0) is 16.1. The van der Waals surface area contributed by atoms with E-state index in [0.29, 0.717) is 18.1 Å². The number of hydrogen-bond donors (Lipinski definition) is 2. The zero-order valence-corrected chi connectivity index (χ0v) is 13.6. The van der Waals surface area contributed by atoms with Gasteiger partial charge in [0, 0.05) is 18.9 Å². The first-order valence-electron chi connectivity index (χ1n) is 6.79. The molecule has 23 heavy (non-hydrogen) atoms. The number of nitrogens with one attached hydrogen (secondary N) is 2. The summed E-state index contributed by atoms with van der Waals surface area (Å²) < 4.78 is 27.0. The van der Waals surface area contributed by atoms with Crippen LogP contribution >= 0.6 is 11.3 Å². The molecule has 3 heterocycles. The lowest BCUT2D eigenvalue weighted by molar-refractivity contribution is 0.603. The van der Waals surface area contributed by atoms with E-state index in [9.17, 15) is 8.42 Å². The van der Waals surface area contributed by atoms with Crippen molar-refractivity contribution in [3.05, 3.63) is 65.9 Å². The summed E-state index contributed by atoms with van der Waals surface area (Å²) in [5, 5.41) is 4.87. The van der Waals surface area contributed by atoms with Crippen molar-refractivity contribution in [1.82, 2.24) is 9.97 Å². The Balaban J connectivity index is 1.63. The maximum absolute atomic E-state index is 12.1. The summed E-state index contributed by atoms with van der Waals surface area (Å²) in [5.74, 6) is 0.660. The van der Waals surface area contributed by atoms with Gasteiger partial charge in [0.1, 0.15) is 10.0 Å². The lowest BCUT2D eigenvalue weighted by Gasteiger charge is -2.08. The molecule has 6 nitrogen and oxygen atoms in total. The van der Waals surface area contributed by atoms with Crippen molar-refractivity contribution in [3.8, 4) is 0 Å². The van der Waals surface area contributed by atoms with Crippen molar-refractivity contribution in [2.75, 3.05) is 10.0 Å². The molecular weight excluding hydrogens is 332 g/mol. The fraction of sp³-hybridized carbons (Fsp3) is 0.0667. The molecule has 0 spiro atoms. The van der Waals surface area contributed by atoms with Gasteiger partial charge in [0.25, 0.3) is 10.0 Å². The molecule has 118 valence electrons. The molecule has 0 radical (unpaired) electrons. The Bertz CT molecular complexity index is 848. The van der Waals surface area contributed by atoms with Crippen LogP contribution in [0.25, 0.3) is 0 Å². The van der Waals surface area contributed by atoms with Crippen molar-refractivity contribution in [2.24, 2.45) is 0 Å². The quantitative estimate of drug-likeness (QED) is 0.717. The first-order valence-corrected chi connectivity index (χ1v) is 9.15. The normalized spacial score (nSPS) is 11.1. The zero-order valence-electron chi connectivity index (χ0n) is 12.0. The third kappa shape index (κ3) is 4.05. The van der Waals surface area contributed by atoms with Gasteiger partial charge in [-0.2, -0.15) is 0 Å². The summed E-state index contributed by atoms with van der Waals surface area (Å²) in [6.45, 7) is 0.598. The van der Waals surface area contributed by atoms with Gasteiger partial charge in [0.15, 0.2) is 0 Å². The fourth-order valence-electron chi connectivity index (χ4n) is 1.88. The Morgan fingerprint density at radius 1 is 1.09 bits per heavy atom. The minimum Gasteiger partial charge on any atom is -0.366 e. The van der Waals surface area contributed by atoms with Crippen molar-refractivity contribution < 1.29 is 8.42 Å². The Kier molecular flexibility index (Phi) is 4.54. The number of sulfonamides is 1. The second kappa shape index (κ2) is 6.76. The van der Waals surface area contributed by atoms with Gasteiger partial charge in [-0.3, -0.25) is 9.71 Å². The number of pyridine rings is 2. The average molecular weight is 346 g/mol. The lowest BCUT2D eigenvalue weighted by atomic mass is 10.3. The molecule has 3 aromatic heterocycles. The van der Waals surface area contributed by atoms with Crippen LogP contribution in [0, 0.1) is 0 Å². The van der Waals surface area contributed by atoms with E-state index in [-0.39, 0.29) is 4.21 Å². The molecule has 8 heteroatoms. The van der Waals surface area contributed by atoms with Gasteiger partial charge in [0.05, 0.1) is 11.9 Å². The van der Waals surface area contributed by atoms with E-state index < -0.39 is 10.0 Å². The monoisotopic (exact) mass is 346 g/mol. The number of nitrogens with zero attached hydrogens (tertiary/aromatic N) is 2. The molecule has 0 amide bonds. The van der Waals surface area contributed by atoms with E-state index in [2.05, 4.69) is 20.0 Å². The predicted molar refractivity (Wildman–Crippen MR) is 90.9 cm³/mol. The summed E-state index contributed by atoms with van der Waals surface area (Å²) in [7, 11) is -3.54. The Hall–Kier alpha value is -2.45. The van der Waals surface area contributed by atoms with Crippen LogP contribution in [0.5, 0.6) is 0 Å². The highest BCUT2D eigenvalue weighted by Gasteiger charge is 2.15. The molecule has 3 aromatic rings. The molecule has 2 N–H and O–H groups in total. The topological polar surface area (TPSA) is 84.0 Å². The molecule has 0 aromatic carbocycles. The van der Waals surface area contributed by atoms with Crippen molar-refractivity contribution in [3.63, 3.8) is 0 Å². The molecule has 0 bridgehead atoms. The van der Waals surface area contributed by atoms with E-state index in [1.807, 2.05) is 12.1 Å². The van der Waals surface area contributed by atoms with E-state index in [1.165, 1.54) is 17.5 Å². The molecule has 0 unspecified atom stereocenters. The van der Waals surface area contributed by atoms with Crippen LogP contribution in [0.3, 0.4) is 0 Å². The molecular formula is C15H14N4O2S2. The van der Waals surface area contributed by atoms with Crippen LogP contribution in [-0.2, 0) is 16.6 Å². The van der Waals surface area contributed by atoms with Crippen molar-refractivity contribution in [2.45, 2.75) is 10.8 Å². The van der Waals surface area contributed by atoms with Gasteiger partial charge < -0.3 is 5.32 Å². The molecule has 0 saturated heterocycles. The van der Waals surface area contributed by atoms with Gasteiger partial charge in [-0.15, -0.1) is 11.3 Å². The van der Waals surface area contributed by atoms with Gasteiger partial charge in [-0.05, 0) is 35.2 Å². The van der Waals surface area contributed by atoms with Crippen LogP contribution in [0.4, 0.5) is 11.5 Å².